The number of hydrogen-bond acceptors (Lipinski definition) is 5. The molecule has 0 atom stereocenters. The van der Waals surface area contributed by atoms with Crippen LogP contribution in [0.4, 0.5) is 0 Å². The zero-order chi connectivity index (χ0) is 17.8. The second-order valence-electron chi connectivity index (χ2n) is 6.00. The van der Waals surface area contributed by atoms with Crippen LogP contribution in [0.1, 0.15) is 0 Å². The maximum absolute atomic E-state index is 12.6. The van der Waals surface area contributed by atoms with Crippen LogP contribution in [-0.2, 0) is 16.1 Å². The molecule has 1 saturated heterocycles. The Kier molecular flexibility index (Phi) is 5.08. The highest BCUT2D eigenvalue weighted by Crippen LogP contribution is 2.09. The average molecular weight is 343 g/mol. The molecule has 1 N–H and O–H groups in total. The fourth-order valence-electron chi connectivity index (χ4n) is 2.95. The summed E-state index contributed by atoms with van der Waals surface area (Å²) in [6, 6.07) is 7.27. The van der Waals surface area contributed by atoms with E-state index in [9.17, 15) is 14.4 Å². The second-order valence-corrected chi connectivity index (χ2v) is 6.00. The van der Waals surface area contributed by atoms with E-state index in [0.717, 1.165) is 0 Å². The molecule has 1 aromatic heterocycles. The lowest BCUT2D eigenvalue weighted by atomic mass is 10.2. The Bertz CT molecular complexity index is 840. The number of amides is 2. The van der Waals surface area contributed by atoms with Gasteiger partial charge in [0, 0.05) is 33.2 Å². The van der Waals surface area contributed by atoms with Gasteiger partial charge in [-0.15, -0.1) is 0 Å². The molecule has 0 aliphatic carbocycles. The fourth-order valence-corrected chi connectivity index (χ4v) is 2.95. The smallest absolute Gasteiger partial charge is 0.269 e. The van der Waals surface area contributed by atoms with Gasteiger partial charge in [0.15, 0.2) is 0 Å². The molecule has 3 rings (SSSR count). The number of aromatic nitrogens is 2. The molecule has 1 aliphatic heterocycles. The summed E-state index contributed by atoms with van der Waals surface area (Å²) in [5.74, 6) is -0.132. The lowest BCUT2D eigenvalue weighted by Crippen LogP contribution is -2.51. The normalized spacial score (nSPS) is 15.3. The van der Waals surface area contributed by atoms with Crippen molar-refractivity contribution in [1.29, 1.82) is 0 Å². The maximum Gasteiger partial charge on any atom is 0.269 e. The standard InChI is InChI=1S/C17H21N5O3/c1-18-15(23)11-20-6-8-21(9-7-20)17(25)12-22-14-5-3-2-4-13(14)19-10-16(22)24/h2-5,10H,6-9,11-12H2,1H3,(H,18,23). The predicted octanol–water partition coefficient (Wildman–Crippen LogP) is -0.713. The van der Waals surface area contributed by atoms with Gasteiger partial charge in [-0.05, 0) is 12.1 Å². The molecule has 8 nitrogen and oxygen atoms in total. The summed E-state index contributed by atoms with van der Waals surface area (Å²) >= 11 is 0. The zero-order valence-corrected chi connectivity index (χ0v) is 14.1. The molecule has 0 radical (unpaired) electrons. The first-order valence-corrected chi connectivity index (χ1v) is 8.24. The molecule has 0 saturated carbocycles. The van der Waals surface area contributed by atoms with Crippen molar-refractivity contribution in [2.45, 2.75) is 6.54 Å². The maximum atomic E-state index is 12.6. The van der Waals surface area contributed by atoms with Crippen molar-refractivity contribution in [2.24, 2.45) is 0 Å². The van der Waals surface area contributed by atoms with Gasteiger partial charge in [0.1, 0.15) is 6.54 Å². The molecule has 1 fully saturated rings. The highest BCUT2D eigenvalue weighted by Gasteiger charge is 2.22. The average Bonchev–Trinajstić information content (AvgIpc) is 2.64. The van der Waals surface area contributed by atoms with Crippen LogP contribution >= 0.6 is 0 Å². The number of nitrogens with zero attached hydrogens (tertiary/aromatic N) is 4. The quantitative estimate of drug-likeness (QED) is 0.792. The minimum absolute atomic E-state index is 0.00267. The van der Waals surface area contributed by atoms with Crippen LogP contribution in [-0.4, -0.2) is 70.9 Å². The van der Waals surface area contributed by atoms with Gasteiger partial charge >= 0.3 is 0 Å². The lowest BCUT2D eigenvalue weighted by Gasteiger charge is -2.34. The number of nitrogens with one attached hydrogen (secondary N) is 1. The zero-order valence-electron chi connectivity index (χ0n) is 14.1. The van der Waals surface area contributed by atoms with Crippen LogP contribution in [0.25, 0.3) is 11.0 Å². The first kappa shape index (κ1) is 17.1. The van der Waals surface area contributed by atoms with E-state index in [4.69, 9.17) is 0 Å². The summed E-state index contributed by atoms with van der Waals surface area (Å²) < 4.78 is 1.46. The van der Waals surface area contributed by atoms with Crippen molar-refractivity contribution in [3.63, 3.8) is 0 Å². The predicted molar refractivity (Wildman–Crippen MR) is 93.1 cm³/mol. The van der Waals surface area contributed by atoms with Gasteiger partial charge in [-0.25, -0.2) is 4.98 Å². The minimum atomic E-state index is -0.287. The lowest BCUT2D eigenvalue weighted by molar-refractivity contribution is -0.133. The van der Waals surface area contributed by atoms with Crippen molar-refractivity contribution in [3.05, 3.63) is 40.8 Å². The topological polar surface area (TPSA) is 87.5 Å². The number of piperazine rings is 1. The van der Waals surface area contributed by atoms with Crippen molar-refractivity contribution in [2.75, 3.05) is 39.8 Å². The number of hydrogen-bond donors (Lipinski definition) is 1. The van der Waals surface area contributed by atoms with E-state index < -0.39 is 0 Å². The summed E-state index contributed by atoms with van der Waals surface area (Å²) in [5, 5.41) is 2.60. The van der Waals surface area contributed by atoms with Crippen LogP contribution in [0, 0.1) is 0 Å². The van der Waals surface area contributed by atoms with Crippen molar-refractivity contribution >= 4 is 22.8 Å². The van der Waals surface area contributed by atoms with Gasteiger partial charge < -0.3 is 10.2 Å². The highest BCUT2D eigenvalue weighted by molar-refractivity contribution is 5.80. The highest BCUT2D eigenvalue weighted by atomic mass is 16.2. The number of benzene rings is 1. The molecular weight excluding hydrogens is 322 g/mol. The van der Waals surface area contributed by atoms with Crippen LogP contribution in [0.3, 0.4) is 0 Å². The largest absolute Gasteiger partial charge is 0.358 e. The summed E-state index contributed by atoms with van der Waals surface area (Å²) in [6.45, 7) is 2.72. The van der Waals surface area contributed by atoms with Gasteiger partial charge in [-0.1, -0.05) is 12.1 Å². The second kappa shape index (κ2) is 7.43. The summed E-state index contributed by atoms with van der Waals surface area (Å²) in [6.07, 6.45) is 1.25. The molecule has 0 unspecified atom stereocenters. The molecule has 2 heterocycles. The monoisotopic (exact) mass is 343 g/mol. The molecule has 132 valence electrons. The third-order valence-corrected chi connectivity index (χ3v) is 4.42. The van der Waals surface area contributed by atoms with E-state index in [1.54, 1.807) is 18.0 Å². The third kappa shape index (κ3) is 3.85. The van der Waals surface area contributed by atoms with Crippen LogP contribution < -0.4 is 10.9 Å². The molecular formula is C17H21N5O3. The molecule has 1 aliphatic rings. The van der Waals surface area contributed by atoms with E-state index in [-0.39, 0.29) is 23.9 Å². The van der Waals surface area contributed by atoms with Crippen molar-refractivity contribution in [3.8, 4) is 0 Å². The van der Waals surface area contributed by atoms with Gasteiger partial charge in [0.2, 0.25) is 11.8 Å². The number of para-hydroxylation sites is 2. The Morgan fingerprint density at radius 1 is 1.12 bits per heavy atom. The first-order chi connectivity index (χ1) is 12.1. The number of fused-ring (bicyclic) bond motifs is 1. The Labute approximate surface area is 145 Å². The Balaban J connectivity index is 1.67. The number of likely N-dealkylation sites (N-methyl/N-ethyl adjacent to an activating group) is 1. The van der Waals surface area contributed by atoms with Gasteiger partial charge in [-0.2, -0.15) is 0 Å². The van der Waals surface area contributed by atoms with Crippen molar-refractivity contribution < 1.29 is 9.59 Å². The van der Waals surface area contributed by atoms with Crippen LogP contribution in [0.15, 0.2) is 35.3 Å². The van der Waals surface area contributed by atoms with Crippen LogP contribution in [0.2, 0.25) is 0 Å². The Morgan fingerprint density at radius 3 is 2.56 bits per heavy atom. The fraction of sp³-hybridized carbons (Fsp3) is 0.412. The van der Waals surface area contributed by atoms with E-state index in [0.29, 0.717) is 43.8 Å². The summed E-state index contributed by atoms with van der Waals surface area (Å²) in [4.78, 5) is 44.0. The van der Waals surface area contributed by atoms with Crippen molar-refractivity contribution in [1.82, 2.24) is 24.7 Å². The molecule has 0 spiro atoms. The number of carbonyl (C=O) groups excluding carboxylic acids is 2. The van der Waals surface area contributed by atoms with E-state index in [1.807, 2.05) is 23.1 Å². The van der Waals surface area contributed by atoms with E-state index >= 15 is 0 Å². The Morgan fingerprint density at radius 2 is 1.84 bits per heavy atom. The first-order valence-electron chi connectivity index (χ1n) is 8.24. The molecule has 2 amide bonds. The molecule has 8 heteroatoms. The molecule has 0 bridgehead atoms. The van der Waals surface area contributed by atoms with Gasteiger partial charge in [0.25, 0.3) is 5.56 Å². The van der Waals surface area contributed by atoms with E-state index in [2.05, 4.69) is 10.3 Å². The summed E-state index contributed by atoms with van der Waals surface area (Å²) in [5.41, 5.74) is 1.05. The Hall–Kier alpha value is -2.74. The number of carbonyl (C=O) groups is 2. The van der Waals surface area contributed by atoms with Gasteiger partial charge in [0.05, 0.1) is 23.8 Å². The van der Waals surface area contributed by atoms with E-state index in [1.165, 1.54) is 10.8 Å². The van der Waals surface area contributed by atoms with Gasteiger partial charge in [-0.3, -0.25) is 23.9 Å². The summed E-state index contributed by atoms with van der Waals surface area (Å²) in [7, 11) is 1.61. The SMILES string of the molecule is CNC(=O)CN1CCN(C(=O)Cn2c(=O)cnc3ccccc32)CC1. The third-order valence-electron chi connectivity index (χ3n) is 4.42. The number of rotatable bonds is 4. The molecule has 25 heavy (non-hydrogen) atoms. The minimum Gasteiger partial charge on any atom is -0.358 e. The molecule has 1 aromatic carbocycles. The van der Waals surface area contributed by atoms with Crippen LogP contribution in [0.5, 0.6) is 0 Å². The molecule has 2 aromatic rings.